The molecule has 0 bridgehead atoms. The minimum absolute atomic E-state index is 0.548. The minimum Gasteiger partial charge on any atom is -0.456 e. The number of benzene rings is 7. The van der Waals surface area contributed by atoms with Crippen LogP contribution < -0.4 is 0 Å². The van der Waals surface area contributed by atoms with Crippen LogP contribution in [0.4, 0.5) is 0 Å². The molecule has 0 atom stereocenters. The normalized spacial score (nSPS) is 11.3. The van der Waals surface area contributed by atoms with Gasteiger partial charge in [0.25, 0.3) is 0 Å². The second-order valence-electron chi connectivity index (χ2n) is 13.3. The molecule has 0 saturated heterocycles. The Balaban J connectivity index is 1.08. The lowest BCUT2D eigenvalue weighted by atomic mass is 10.0. The Kier molecular flexibility index (Phi) is 8.04. The average molecular weight is 706 g/mol. The van der Waals surface area contributed by atoms with E-state index in [1.807, 2.05) is 103 Å². The van der Waals surface area contributed by atoms with E-state index in [4.69, 9.17) is 29.3 Å². The minimum atomic E-state index is 0.548. The van der Waals surface area contributed by atoms with Crippen molar-refractivity contribution in [2.24, 2.45) is 0 Å². The molecule has 0 spiro atoms. The highest BCUT2D eigenvalue weighted by Crippen LogP contribution is 2.34. The van der Waals surface area contributed by atoms with E-state index in [-0.39, 0.29) is 0 Å². The Labute approximate surface area is 317 Å². The molecule has 0 radical (unpaired) electrons. The summed E-state index contributed by atoms with van der Waals surface area (Å²) in [7, 11) is 0. The Hall–Kier alpha value is -7.57. The van der Waals surface area contributed by atoms with Crippen LogP contribution in [-0.2, 0) is 0 Å². The summed E-state index contributed by atoms with van der Waals surface area (Å²) in [5, 5.41) is 2.13. The van der Waals surface area contributed by atoms with Gasteiger partial charge in [0.2, 0.25) is 0 Å². The number of furan rings is 1. The van der Waals surface area contributed by atoms with Crippen LogP contribution in [0.25, 0.3) is 101 Å². The maximum absolute atomic E-state index is 6.23. The van der Waals surface area contributed by atoms with Gasteiger partial charge in [0.15, 0.2) is 23.3 Å². The quantitative estimate of drug-likeness (QED) is 0.164. The van der Waals surface area contributed by atoms with Gasteiger partial charge in [0.1, 0.15) is 11.2 Å². The van der Waals surface area contributed by atoms with Gasteiger partial charge in [0.05, 0.1) is 11.4 Å². The monoisotopic (exact) mass is 705 g/mol. The molecule has 0 saturated carbocycles. The zero-order valence-electron chi connectivity index (χ0n) is 29.5. The van der Waals surface area contributed by atoms with Crippen molar-refractivity contribution in [3.8, 4) is 79.2 Å². The van der Waals surface area contributed by atoms with Crippen molar-refractivity contribution in [1.29, 1.82) is 0 Å². The van der Waals surface area contributed by atoms with Gasteiger partial charge in [-0.05, 0) is 41.5 Å². The number of aromatic nitrogens is 5. The fourth-order valence-electron chi connectivity index (χ4n) is 6.96. The molecule has 0 N–H and O–H groups in total. The third kappa shape index (κ3) is 6.32. The highest BCUT2D eigenvalue weighted by molar-refractivity contribution is 6.05. The van der Waals surface area contributed by atoms with E-state index < -0.39 is 0 Å². The molecule has 0 fully saturated rings. The summed E-state index contributed by atoms with van der Waals surface area (Å²) in [6, 6.07) is 63.5. The summed E-state index contributed by atoms with van der Waals surface area (Å²) in [6.07, 6.45) is 0. The Bertz CT molecular complexity index is 2960. The van der Waals surface area contributed by atoms with Crippen molar-refractivity contribution in [1.82, 2.24) is 24.9 Å². The molecule has 3 heterocycles. The fraction of sp³-hybridized carbons (Fsp3) is 0. The topological polar surface area (TPSA) is 77.6 Å². The molecule has 3 aromatic heterocycles. The van der Waals surface area contributed by atoms with E-state index in [9.17, 15) is 0 Å². The van der Waals surface area contributed by atoms with Crippen molar-refractivity contribution in [2.45, 2.75) is 0 Å². The summed E-state index contributed by atoms with van der Waals surface area (Å²) in [5.41, 5.74) is 11.1. The molecule has 0 aliphatic carbocycles. The number of rotatable bonds is 7. The molecule has 10 rings (SSSR count). The van der Waals surface area contributed by atoms with E-state index in [1.165, 1.54) is 5.56 Å². The van der Waals surface area contributed by atoms with Crippen LogP contribution in [0.5, 0.6) is 0 Å². The predicted octanol–water partition coefficient (Wildman–Crippen LogP) is 12.2. The summed E-state index contributed by atoms with van der Waals surface area (Å²) in [6.45, 7) is 0. The number of para-hydroxylation sites is 1. The Morgan fingerprint density at radius 3 is 1.33 bits per heavy atom. The van der Waals surface area contributed by atoms with Crippen LogP contribution in [0.1, 0.15) is 0 Å². The van der Waals surface area contributed by atoms with Gasteiger partial charge in [-0.15, -0.1) is 0 Å². The number of nitrogens with zero attached hydrogens (tertiary/aromatic N) is 5. The van der Waals surface area contributed by atoms with Gasteiger partial charge in [0, 0.05) is 44.2 Å². The second-order valence-corrected chi connectivity index (χ2v) is 13.3. The van der Waals surface area contributed by atoms with Crippen molar-refractivity contribution < 1.29 is 4.42 Å². The predicted molar refractivity (Wildman–Crippen MR) is 221 cm³/mol. The van der Waals surface area contributed by atoms with Gasteiger partial charge in [-0.25, -0.2) is 24.9 Å². The van der Waals surface area contributed by atoms with Gasteiger partial charge >= 0.3 is 0 Å². The summed E-state index contributed by atoms with van der Waals surface area (Å²) >= 11 is 0. The molecule has 10 aromatic rings. The first kappa shape index (κ1) is 32.1. The first-order chi connectivity index (χ1) is 27.2. The zero-order chi connectivity index (χ0) is 36.6. The van der Waals surface area contributed by atoms with Crippen LogP contribution >= 0.6 is 0 Å². The fourth-order valence-corrected chi connectivity index (χ4v) is 6.96. The third-order valence-corrected chi connectivity index (χ3v) is 9.77. The molecule has 55 heavy (non-hydrogen) atoms. The largest absolute Gasteiger partial charge is 0.456 e. The number of hydrogen-bond acceptors (Lipinski definition) is 6. The van der Waals surface area contributed by atoms with Gasteiger partial charge in [-0.2, -0.15) is 0 Å². The Morgan fingerprint density at radius 1 is 0.255 bits per heavy atom. The van der Waals surface area contributed by atoms with Crippen molar-refractivity contribution in [3.05, 3.63) is 188 Å². The number of hydrogen-bond donors (Lipinski definition) is 0. The lowest BCUT2D eigenvalue weighted by molar-refractivity contribution is 0.669. The van der Waals surface area contributed by atoms with Crippen LogP contribution in [0.2, 0.25) is 0 Å². The Morgan fingerprint density at radius 2 is 0.673 bits per heavy atom. The van der Waals surface area contributed by atoms with Gasteiger partial charge < -0.3 is 4.42 Å². The summed E-state index contributed by atoms with van der Waals surface area (Å²) < 4.78 is 6.23. The SMILES string of the molecule is c1ccc(-c2ccc(-c3cc(-c4ccccc4)nc(-c4cccc(-c5nc(-c6ccccc6)nc(-c6ccc7c(c6)oc6ccccc67)n5)c4)n3)cc2)cc1. The molecule has 0 unspecified atom stereocenters. The molecular weight excluding hydrogens is 675 g/mol. The lowest BCUT2D eigenvalue weighted by Crippen LogP contribution is -2.00. The maximum Gasteiger partial charge on any atom is 0.164 e. The van der Waals surface area contributed by atoms with E-state index >= 15 is 0 Å². The van der Waals surface area contributed by atoms with E-state index in [1.54, 1.807) is 0 Å². The summed E-state index contributed by atoms with van der Waals surface area (Å²) in [4.78, 5) is 25.3. The maximum atomic E-state index is 6.23. The van der Waals surface area contributed by atoms with E-state index in [0.29, 0.717) is 23.3 Å². The first-order valence-corrected chi connectivity index (χ1v) is 18.2. The first-order valence-electron chi connectivity index (χ1n) is 18.2. The van der Waals surface area contributed by atoms with Crippen LogP contribution in [0.3, 0.4) is 0 Å². The van der Waals surface area contributed by atoms with E-state index in [0.717, 1.165) is 72.3 Å². The third-order valence-electron chi connectivity index (χ3n) is 9.77. The van der Waals surface area contributed by atoms with Crippen molar-refractivity contribution >= 4 is 21.9 Å². The highest BCUT2D eigenvalue weighted by atomic mass is 16.3. The molecule has 7 aromatic carbocycles. The lowest BCUT2D eigenvalue weighted by Gasteiger charge is -2.11. The van der Waals surface area contributed by atoms with Crippen LogP contribution in [0, 0.1) is 0 Å². The van der Waals surface area contributed by atoms with E-state index in [2.05, 4.69) is 84.9 Å². The molecule has 0 amide bonds. The summed E-state index contributed by atoms with van der Waals surface area (Å²) in [5.74, 6) is 2.30. The molecular formula is C49H31N5O. The molecule has 0 aliphatic heterocycles. The standard InChI is InChI=1S/C49H31N5O/c1-4-13-32(14-5-1)33-23-25-35(26-24-33)43-31-42(34-15-6-2-7-16-34)50-47(51-43)37-19-12-20-38(29-37)48-52-46(36-17-8-3-9-18-36)53-49(54-48)39-27-28-41-40-21-10-11-22-44(40)55-45(41)30-39/h1-31H. The molecule has 258 valence electrons. The highest BCUT2D eigenvalue weighted by Gasteiger charge is 2.17. The molecule has 0 aliphatic rings. The van der Waals surface area contributed by atoms with Crippen molar-refractivity contribution in [2.75, 3.05) is 0 Å². The zero-order valence-corrected chi connectivity index (χ0v) is 29.5. The second kappa shape index (κ2) is 13.8. The molecule has 6 nitrogen and oxygen atoms in total. The van der Waals surface area contributed by atoms with Gasteiger partial charge in [-0.3, -0.25) is 0 Å². The van der Waals surface area contributed by atoms with Crippen LogP contribution in [-0.4, -0.2) is 24.9 Å². The number of fused-ring (bicyclic) bond motifs is 3. The van der Waals surface area contributed by atoms with Crippen molar-refractivity contribution in [3.63, 3.8) is 0 Å². The van der Waals surface area contributed by atoms with Gasteiger partial charge in [-0.1, -0.05) is 158 Å². The molecule has 6 heteroatoms. The van der Waals surface area contributed by atoms with Crippen LogP contribution in [0.15, 0.2) is 192 Å². The smallest absolute Gasteiger partial charge is 0.164 e. The average Bonchev–Trinajstić information content (AvgIpc) is 3.65.